The van der Waals surface area contributed by atoms with Crippen LogP contribution < -0.4 is 5.32 Å². The quantitative estimate of drug-likeness (QED) is 0.701. The van der Waals surface area contributed by atoms with Crippen LogP contribution in [0.4, 0.5) is 0 Å². The maximum atomic E-state index is 8.84. The average molecular weight is 227 g/mol. The van der Waals surface area contributed by atoms with Gasteiger partial charge in [-0.15, -0.1) is 0 Å². The van der Waals surface area contributed by atoms with E-state index in [1.807, 2.05) is 0 Å². The maximum Gasteiger partial charge on any atom is 0.0431 e. The molecule has 2 heteroatoms. The smallest absolute Gasteiger partial charge is 0.0431 e. The summed E-state index contributed by atoms with van der Waals surface area (Å²) in [6.07, 6.45) is 4.74. The second kappa shape index (κ2) is 6.02. The van der Waals surface area contributed by atoms with Gasteiger partial charge in [-0.05, 0) is 42.9 Å². The minimum absolute atomic E-state index is 0.322. The van der Waals surface area contributed by atoms with Gasteiger partial charge in [0.2, 0.25) is 0 Å². The summed E-state index contributed by atoms with van der Waals surface area (Å²) in [6.45, 7) is 10.6. The van der Waals surface area contributed by atoms with Crippen LogP contribution in [-0.2, 0) is 0 Å². The first-order chi connectivity index (χ1) is 7.44. The van der Waals surface area contributed by atoms with E-state index >= 15 is 0 Å². The van der Waals surface area contributed by atoms with Crippen molar-refractivity contribution in [1.82, 2.24) is 5.32 Å². The molecule has 0 bridgehead atoms. The molecule has 0 radical (unpaired) electrons. The van der Waals surface area contributed by atoms with E-state index in [0.717, 1.165) is 37.3 Å². The highest BCUT2D eigenvalue weighted by Gasteiger charge is 2.31. The van der Waals surface area contributed by atoms with Crippen molar-refractivity contribution in [1.29, 1.82) is 0 Å². The highest BCUT2D eigenvalue weighted by atomic mass is 16.2. The second-order valence-corrected chi connectivity index (χ2v) is 6.54. The molecule has 0 unspecified atom stereocenters. The molecular formula is C14H29NO. The summed E-state index contributed by atoms with van der Waals surface area (Å²) in [5, 5.41) is 12.5. The number of hydrogen-bond donors (Lipinski definition) is 2. The largest absolute Gasteiger partial charge is 0.396 e. The molecule has 1 saturated carbocycles. The molecule has 1 fully saturated rings. The maximum absolute atomic E-state index is 8.84. The van der Waals surface area contributed by atoms with Crippen LogP contribution in [0.1, 0.15) is 53.4 Å². The number of aliphatic hydroxyl groups excluding tert-OH is 1. The van der Waals surface area contributed by atoms with Gasteiger partial charge in [0.25, 0.3) is 0 Å². The summed E-state index contributed by atoms with van der Waals surface area (Å²) in [5.74, 6) is 1.79. The first-order valence-electron chi connectivity index (χ1n) is 6.79. The molecule has 2 nitrogen and oxygen atoms in total. The summed E-state index contributed by atoms with van der Waals surface area (Å²) in [7, 11) is 0. The fraction of sp³-hybridized carbons (Fsp3) is 1.00. The molecular weight excluding hydrogens is 198 g/mol. The van der Waals surface area contributed by atoms with E-state index in [1.165, 1.54) is 12.8 Å². The SMILES string of the molecule is CC(C)C1CC(NCC(C)(C)CCCO)C1. The van der Waals surface area contributed by atoms with E-state index in [4.69, 9.17) is 5.11 Å². The number of nitrogens with one attached hydrogen (secondary N) is 1. The lowest BCUT2D eigenvalue weighted by atomic mass is 9.73. The molecule has 0 spiro atoms. The molecule has 0 saturated heterocycles. The highest BCUT2D eigenvalue weighted by molar-refractivity contribution is 4.88. The minimum atomic E-state index is 0.322. The van der Waals surface area contributed by atoms with E-state index in [-0.39, 0.29) is 0 Å². The Morgan fingerprint density at radius 1 is 1.31 bits per heavy atom. The summed E-state index contributed by atoms with van der Waals surface area (Å²) >= 11 is 0. The lowest BCUT2D eigenvalue weighted by Gasteiger charge is -2.40. The van der Waals surface area contributed by atoms with Gasteiger partial charge in [0.15, 0.2) is 0 Å². The van der Waals surface area contributed by atoms with E-state index in [0.29, 0.717) is 12.0 Å². The van der Waals surface area contributed by atoms with Crippen LogP contribution in [0.25, 0.3) is 0 Å². The summed E-state index contributed by atoms with van der Waals surface area (Å²) < 4.78 is 0. The topological polar surface area (TPSA) is 32.3 Å². The Morgan fingerprint density at radius 2 is 1.94 bits per heavy atom. The number of hydrogen-bond acceptors (Lipinski definition) is 2. The third-order valence-corrected chi connectivity index (χ3v) is 4.00. The van der Waals surface area contributed by atoms with Crippen molar-refractivity contribution >= 4 is 0 Å². The molecule has 96 valence electrons. The monoisotopic (exact) mass is 227 g/mol. The van der Waals surface area contributed by atoms with Crippen molar-refractivity contribution in [2.24, 2.45) is 17.3 Å². The fourth-order valence-corrected chi connectivity index (χ4v) is 2.44. The summed E-state index contributed by atoms with van der Waals surface area (Å²) in [5.41, 5.74) is 0.325. The molecule has 0 atom stereocenters. The predicted octanol–water partition coefficient (Wildman–Crippen LogP) is 2.81. The van der Waals surface area contributed by atoms with Gasteiger partial charge in [0.1, 0.15) is 0 Å². The van der Waals surface area contributed by atoms with Crippen molar-refractivity contribution in [3.8, 4) is 0 Å². The van der Waals surface area contributed by atoms with Crippen LogP contribution in [0, 0.1) is 17.3 Å². The van der Waals surface area contributed by atoms with Crippen molar-refractivity contribution in [3.63, 3.8) is 0 Å². The van der Waals surface area contributed by atoms with Crippen molar-refractivity contribution in [3.05, 3.63) is 0 Å². The molecule has 2 N–H and O–H groups in total. The standard InChI is InChI=1S/C14H29NO/c1-11(2)12-8-13(9-12)15-10-14(3,4)6-5-7-16/h11-13,15-16H,5-10H2,1-4H3. The third-order valence-electron chi connectivity index (χ3n) is 4.00. The first kappa shape index (κ1) is 14.0. The van der Waals surface area contributed by atoms with Crippen LogP contribution in [0.15, 0.2) is 0 Å². The van der Waals surface area contributed by atoms with Gasteiger partial charge in [-0.25, -0.2) is 0 Å². The molecule has 0 aromatic heterocycles. The van der Waals surface area contributed by atoms with Gasteiger partial charge in [0.05, 0.1) is 0 Å². The molecule has 1 rings (SSSR count). The zero-order valence-corrected chi connectivity index (χ0v) is 11.4. The average Bonchev–Trinajstić information content (AvgIpc) is 2.11. The van der Waals surface area contributed by atoms with Crippen LogP contribution in [-0.4, -0.2) is 24.3 Å². The molecule has 0 aromatic rings. The van der Waals surface area contributed by atoms with Crippen molar-refractivity contribution < 1.29 is 5.11 Å². The summed E-state index contributed by atoms with van der Waals surface area (Å²) in [4.78, 5) is 0. The van der Waals surface area contributed by atoms with Crippen LogP contribution >= 0.6 is 0 Å². The highest BCUT2D eigenvalue weighted by Crippen LogP contribution is 2.34. The Hall–Kier alpha value is -0.0800. The normalized spacial score (nSPS) is 25.9. The Kier molecular flexibility index (Phi) is 5.26. The molecule has 1 aliphatic rings. The van der Waals surface area contributed by atoms with Crippen molar-refractivity contribution in [2.75, 3.05) is 13.2 Å². The molecule has 0 aromatic carbocycles. The van der Waals surface area contributed by atoms with Crippen LogP contribution in [0.5, 0.6) is 0 Å². The molecule has 1 aliphatic carbocycles. The van der Waals surface area contributed by atoms with Crippen molar-refractivity contribution in [2.45, 2.75) is 59.4 Å². The fourth-order valence-electron chi connectivity index (χ4n) is 2.44. The van der Waals surface area contributed by atoms with E-state index in [2.05, 4.69) is 33.0 Å². The zero-order chi connectivity index (χ0) is 12.2. The first-order valence-corrected chi connectivity index (χ1v) is 6.79. The van der Waals surface area contributed by atoms with Gasteiger partial charge >= 0.3 is 0 Å². The van der Waals surface area contributed by atoms with Gasteiger partial charge in [-0.1, -0.05) is 27.7 Å². The Morgan fingerprint density at radius 3 is 2.44 bits per heavy atom. The van der Waals surface area contributed by atoms with Crippen LogP contribution in [0.2, 0.25) is 0 Å². The molecule has 0 aliphatic heterocycles. The Labute approximate surface area is 101 Å². The van der Waals surface area contributed by atoms with E-state index in [1.54, 1.807) is 0 Å². The van der Waals surface area contributed by atoms with E-state index in [9.17, 15) is 0 Å². The van der Waals surface area contributed by atoms with Crippen LogP contribution in [0.3, 0.4) is 0 Å². The van der Waals surface area contributed by atoms with Gasteiger partial charge in [0, 0.05) is 19.2 Å². The second-order valence-electron chi connectivity index (χ2n) is 6.54. The number of aliphatic hydroxyl groups is 1. The molecule has 0 heterocycles. The van der Waals surface area contributed by atoms with Gasteiger partial charge in [-0.3, -0.25) is 0 Å². The zero-order valence-electron chi connectivity index (χ0n) is 11.4. The summed E-state index contributed by atoms with van der Waals surface area (Å²) in [6, 6.07) is 0.751. The lowest BCUT2D eigenvalue weighted by molar-refractivity contribution is 0.149. The van der Waals surface area contributed by atoms with Gasteiger partial charge in [-0.2, -0.15) is 0 Å². The van der Waals surface area contributed by atoms with Gasteiger partial charge < -0.3 is 10.4 Å². The lowest BCUT2D eigenvalue weighted by Crippen LogP contribution is -2.46. The third kappa shape index (κ3) is 4.42. The Balaban J connectivity index is 2.11. The minimum Gasteiger partial charge on any atom is -0.396 e. The molecule has 0 amide bonds. The molecule has 16 heavy (non-hydrogen) atoms. The van der Waals surface area contributed by atoms with E-state index < -0.39 is 0 Å². The number of rotatable bonds is 7. The predicted molar refractivity (Wildman–Crippen MR) is 69.5 cm³/mol. The Bertz CT molecular complexity index is 195.